The number of nitrogens with one attached hydrogen (secondary N) is 1. The zero-order valence-electron chi connectivity index (χ0n) is 13.4. The number of carbonyl (C=O) groups excluding carboxylic acids is 1. The highest BCUT2D eigenvalue weighted by Crippen LogP contribution is 2.25. The van der Waals surface area contributed by atoms with Crippen LogP contribution in [0.2, 0.25) is 0 Å². The molecule has 1 heterocycles. The van der Waals surface area contributed by atoms with E-state index in [-0.39, 0.29) is 11.8 Å². The van der Waals surface area contributed by atoms with Crippen molar-refractivity contribution < 1.29 is 14.5 Å². The maximum Gasteiger partial charge on any atom is 0.340 e. The lowest BCUT2D eigenvalue weighted by atomic mass is 9.98. The second-order valence-corrected chi connectivity index (χ2v) is 5.38. The molecule has 1 aromatic heterocycles. The van der Waals surface area contributed by atoms with Crippen LogP contribution in [-0.2, 0) is 11.2 Å². The summed E-state index contributed by atoms with van der Waals surface area (Å²) in [7, 11) is 1.35. The van der Waals surface area contributed by atoms with E-state index < -0.39 is 4.92 Å². The molecule has 25 heavy (non-hydrogen) atoms. The summed E-state index contributed by atoms with van der Waals surface area (Å²) in [6.45, 7) is 0. The van der Waals surface area contributed by atoms with Crippen molar-refractivity contribution in [2.45, 2.75) is 6.42 Å². The average molecular weight is 337 g/mol. The molecule has 0 radical (unpaired) electrons. The van der Waals surface area contributed by atoms with Crippen LogP contribution in [0.1, 0.15) is 21.7 Å². The molecule has 0 spiro atoms. The SMILES string of the molecule is COC(=O)c1ccccc1-c1ccc(Cc2ncc([N+](=O)[O-])[nH]2)cc1. The van der Waals surface area contributed by atoms with E-state index >= 15 is 0 Å². The number of nitrogens with zero attached hydrogens (tertiary/aromatic N) is 2. The molecule has 3 rings (SSSR count). The number of nitro groups is 1. The lowest BCUT2D eigenvalue weighted by Gasteiger charge is -2.08. The molecule has 7 heteroatoms. The predicted octanol–water partition coefficient (Wildman–Crippen LogP) is 3.36. The van der Waals surface area contributed by atoms with Crippen molar-refractivity contribution in [3.8, 4) is 11.1 Å². The quantitative estimate of drug-likeness (QED) is 0.437. The topological polar surface area (TPSA) is 98.1 Å². The molecule has 0 amide bonds. The molecule has 2 aromatic carbocycles. The third-order valence-corrected chi connectivity index (χ3v) is 3.78. The Morgan fingerprint density at radius 2 is 1.92 bits per heavy atom. The van der Waals surface area contributed by atoms with Gasteiger partial charge in [0, 0.05) is 0 Å². The highest BCUT2D eigenvalue weighted by molar-refractivity contribution is 5.97. The summed E-state index contributed by atoms with van der Waals surface area (Å²) < 4.78 is 4.82. The molecular formula is C18H15N3O4. The molecule has 0 saturated heterocycles. The maximum atomic E-state index is 11.9. The minimum Gasteiger partial charge on any atom is -0.465 e. The summed E-state index contributed by atoms with van der Waals surface area (Å²) in [6, 6.07) is 14.8. The Morgan fingerprint density at radius 3 is 2.56 bits per heavy atom. The number of hydrogen-bond donors (Lipinski definition) is 1. The van der Waals surface area contributed by atoms with Gasteiger partial charge in [-0.1, -0.05) is 42.5 Å². The number of aromatic amines is 1. The summed E-state index contributed by atoms with van der Waals surface area (Å²) in [4.78, 5) is 28.7. The fourth-order valence-electron chi connectivity index (χ4n) is 2.55. The van der Waals surface area contributed by atoms with E-state index in [1.807, 2.05) is 36.4 Å². The molecule has 0 aliphatic rings. The first-order valence-corrected chi connectivity index (χ1v) is 7.53. The van der Waals surface area contributed by atoms with Gasteiger partial charge in [0.15, 0.2) is 5.82 Å². The second kappa shape index (κ2) is 6.96. The molecule has 0 fully saturated rings. The fraction of sp³-hybridized carbons (Fsp3) is 0.111. The van der Waals surface area contributed by atoms with Crippen LogP contribution in [0.3, 0.4) is 0 Å². The Balaban J connectivity index is 1.83. The number of aromatic nitrogens is 2. The van der Waals surface area contributed by atoms with Crippen LogP contribution in [0, 0.1) is 10.1 Å². The Bertz CT molecular complexity index is 916. The third-order valence-electron chi connectivity index (χ3n) is 3.78. The Labute approximate surface area is 143 Å². The summed E-state index contributed by atoms with van der Waals surface area (Å²) in [5.74, 6) is 0.00982. The van der Waals surface area contributed by atoms with Crippen LogP contribution in [0.4, 0.5) is 5.82 Å². The highest BCUT2D eigenvalue weighted by Gasteiger charge is 2.13. The number of hydrogen-bond acceptors (Lipinski definition) is 5. The normalized spacial score (nSPS) is 10.4. The van der Waals surface area contributed by atoms with E-state index in [2.05, 4.69) is 9.97 Å². The largest absolute Gasteiger partial charge is 0.465 e. The molecule has 0 aliphatic carbocycles. The molecule has 0 bridgehead atoms. The van der Waals surface area contributed by atoms with Crippen molar-refractivity contribution in [1.82, 2.24) is 9.97 Å². The molecule has 3 aromatic rings. The first-order valence-electron chi connectivity index (χ1n) is 7.53. The lowest BCUT2D eigenvalue weighted by Crippen LogP contribution is -2.03. The molecule has 0 atom stereocenters. The van der Waals surface area contributed by atoms with Crippen LogP contribution in [-0.4, -0.2) is 28.0 Å². The van der Waals surface area contributed by atoms with Crippen molar-refractivity contribution in [2.75, 3.05) is 7.11 Å². The molecule has 0 aliphatic heterocycles. The summed E-state index contributed by atoms with van der Waals surface area (Å²) in [5, 5.41) is 10.7. The molecule has 0 unspecified atom stereocenters. The van der Waals surface area contributed by atoms with Crippen LogP contribution in [0.15, 0.2) is 54.7 Å². The van der Waals surface area contributed by atoms with Gasteiger partial charge >= 0.3 is 11.8 Å². The van der Waals surface area contributed by atoms with E-state index in [1.165, 1.54) is 13.3 Å². The fourth-order valence-corrected chi connectivity index (χ4v) is 2.55. The molecule has 1 N–H and O–H groups in total. The van der Waals surface area contributed by atoms with Gasteiger partial charge < -0.3 is 14.9 Å². The van der Waals surface area contributed by atoms with Crippen LogP contribution in [0.25, 0.3) is 11.1 Å². The van der Waals surface area contributed by atoms with Gasteiger partial charge in [-0.3, -0.25) is 0 Å². The van der Waals surface area contributed by atoms with Gasteiger partial charge in [-0.05, 0) is 27.7 Å². The number of esters is 1. The van der Waals surface area contributed by atoms with Gasteiger partial charge in [-0.15, -0.1) is 0 Å². The highest BCUT2D eigenvalue weighted by atomic mass is 16.6. The van der Waals surface area contributed by atoms with E-state index in [4.69, 9.17) is 4.74 Å². The number of methoxy groups -OCH3 is 1. The Kier molecular flexibility index (Phi) is 4.56. The van der Waals surface area contributed by atoms with Crippen molar-refractivity contribution >= 4 is 11.8 Å². The number of ether oxygens (including phenoxy) is 1. The molecule has 0 saturated carbocycles. The summed E-state index contributed by atoms with van der Waals surface area (Å²) in [5.41, 5.74) is 3.12. The number of benzene rings is 2. The van der Waals surface area contributed by atoms with Gasteiger partial charge in [0.2, 0.25) is 0 Å². The van der Waals surface area contributed by atoms with Crippen molar-refractivity contribution in [2.24, 2.45) is 0 Å². The molecule has 7 nitrogen and oxygen atoms in total. The molecular weight excluding hydrogens is 322 g/mol. The summed E-state index contributed by atoms with van der Waals surface area (Å²) in [6.07, 6.45) is 1.66. The Morgan fingerprint density at radius 1 is 1.20 bits per heavy atom. The first-order chi connectivity index (χ1) is 12.1. The van der Waals surface area contributed by atoms with Gasteiger partial charge in [-0.25, -0.2) is 14.8 Å². The van der Waals surface area contributed by atoms with E-state index in [0.29, 0.717) is 17.8 Å². The van der Waals surface area contributed by atoms with Crippen LogP contribution < -0.4 is 0 Å². The van der Waals surface area contributed by atoms with Gasteiger partial charge in [-0.2, -0.15) is 0 Å². The third kappa shape index (κ3) is 3.55. The predicted molar refractivity (Wildman–Crippen MR) is 91.3 cm³/mol. The van der Waals surface area contributed by atoms with E-state index in [0.717, 1.165) is 16.7 Å². The van der Waals surface area contributed by atoms with Gasteiger partial charge in [0.05, 0.1) is 19.1 Å². The van der Waals surface area contributed by atoms with Gasteiger partial charge in [0.1, 0.15) is 6.20 Å². The number of H-pyrrole nitrogens is 1. The first kappa shape index (κ1) is 16.4. The van der Waals surface area contributed by atoms with Crippen LogP contribution >= 0.6 is 0 Å². The number of rotatable bonds is 5. The van der Waals surface area contributed by atoms with Gasteiger partial charge in [0.25, 0.3) is 0 Å². The second-order valence-electron chi connectivity index (χ2n) is 5.38. The van der Waals surface area contributed by atoms with Crippen LogP contribution in [0.5, 0.6) is 0 Å². The number of imidazole rings is 1. The minimum absolute atomic E-state index is 0.126. The zero-order chi connectivity index (χ0) is 17.8. The number of carbonyl (C=O) groups is 1. The molecule has 126 valence electrons. The Hall–Kier alpha value is -3.48. The smallest absolute Gasteiger partial charge is 0.340 e. The zero-order valence-corrected chi connectivity index (χ0v) is 13.4. The lowest BCUT2D eigenvalue weighted by molar-refractivity contribution is -0.389. The summed E-state index contributed by atoms with van der Waals surface area (Å²) >= 11 is 0. The maximum absolute atomic E-state index is 11.9. The van der Waals surface area contributed by atoms with Crippen molar-refractivity contribution in [3.63, 3.8) is 0 Å². The standard InChI is InChI=1S/C18H15N3O4/c1-25-18(22)15-5-3-2-4-14(15)13-8-6-12(7-9-13)10-16-19-11-17(20-16)21(23)24/h2-9,11H,10H2,1H3,(H,19,20). The average Bonchev–Trinajstić information content (AvgIpc) is 3.10. The van der Waals surface area contributed by atoms with Crippen molar-refractivity contribution in [3.05, 3.63) is 81.8 Å². The van der Waals surface area contributed by atoms with E-state index in [1.54, 1.807) is 12.1 Å². The monoisotopic (exact) mass is 337 g/mol. The van der Waals surface area contributed by atoms with E-state index in [9.17, 15) is 14.9 Å². The van der Waals surface area contributed by atoms with Crippen molar-refractivity contribution in [1.29, 1.82) is 0 Å². The minimum atomic E-state index is -0.511.